The number of aliphatic hydroxyl groups excluding tert-OH is 1. The predicted molar refractivity (Wildman–Crippen MR) is 80.5 cm³/mol. The lowest BCUT2D eigenvalue weighted by Crippen LogP contribution is -2.35. The lowest BCUT2D eigenvalue weighted by Gasteiger charge is -2.15. The van der Waals surface area contributed by atoms with E-state index in [1.54, 1.807) is 11.4 Å². The highest BCUT2D eigenvalue weighted by molar-refractivity contribution is 7.91. The van der Waals surface area contributed by atoms with Crippen LogP contribution in [-0.4, -0.2) is 38.6 Å². The van der Waals surface area contributed by atoms with Gasteiger partial charge in [-0.15, -0.1) is 11.3 Å². The van der Waals surface area contributed by atoms with E-state index in [4.69, 9.17) is 0 Å². The van der Waals surface area contributed by atoms with Crippen LogP contribution in [0.15, 0.2) is 21.7 Å². The van der Waals surface area contributed by atoms with Gasteiger partial charge in [-0.05, 0) is 24.3 Å². The summed E-state index contributed by atoms with van der Waals surface area (Å²) in [7, 11) is -3.50. The second kappa shape index (κ2) is 7.35. The lowest BCUT2D eigenvalue weighted by atomic mass is 10.1. The third-order valence-electron chi connectivity index (χ3n) is 3.58. The summed E-state index contributed by atoms with van der Waals surface area (Å²) < 4.78 is 26.3. The topological polar surface area (TPSA) is 95.5 Å². The molecule has 3 N–H and O–H groups in total. The van der Waals surface area contributed by atoms with Crippen LogP contribution in [0.25, 0.3) is 0 Å². The number of carbonyl (C=O) groups excluding carboxylic acids is 1. The summed E-state index contributed by atoms with van der Waals surface area (Å²) in [4.78, 5) is 11.7. The summed E-state index contributed by atoms with van der Waals surface area (Å²) in [6.45, 7) is 0.525. The van der Waals surface area contributed by atoms with Crippen LogP contribution in [-0.2, 0) is 14.8 Å². The molecule has 2 atom stereocenters. The number of nitrogens with one attached hydrogen (secondary N) is 2. The van der Waals surface area contributed by atoms with Gasteiger partial charge < -0.3 is 10.4 Å². The number of hydrogen-bond donors (Lipinski definition) is 3. The number of rotatable bonds is 7. The first-order chi connectivity index (χ1) is 9.99. The minimum Gasteiger partial charge on any atom is -0.393 e. The fourth-order valence-electron chi connectivity index (χ4n) is 2.38. The maximum Gasteiger partial charge on any atom is 0.250 e. The number of aliphatic hydroxyl groups is 1. The van der Waals surface area contributed by atoms with Crippen molar-refractivity contribution < 1.29 is 18.3 Å². The van der Waals surface area contributed by atoms with E-state index in [1.807, 2.05) is 0 Å². The van der Waals surface area contributed by atoms with Gasteiger partial charge in [0.2, 0.25) is 15.9 Å². The zero-order chi connectivity index (χ0) is 15.3. The van der Waals surface area contributed by atoms with E-state index in [2.05, 4.69) is 10.0 Å². The zero-order valence-corrected chi connectivity index (χ0v) is 13.3. The van der Waals surface area contributed by atoms with E-state index in [1.165, 1.54) is 6.07 Å². The summed E-state index contributed by atoms with van der Waals surface area (Å²) in [5.41, 5.74) is 0. The highest BCUT2D eigenvalue weighted by atomic mass is 32.2. The minimum atomic E-state index is -3.50. The van der Waals surface area contributed by atoms with E-state index in [9.17, 15) is 18.3 Å². The molecule has 118 valence electrons. The Bertz CT molecular complexity index is 557. The van der Waals surface area contributed by atoms with Gasteiger partial charge in [0.05, 0.1) is 6.10 Å². The van der Waals surface area contributed by atoms with Crippen LogP contribution in [0.2, 0.25) is 0 Å². The van der Waals surface area contributed by atoms with Gasteiger partial charge in [-0.25, -0.2) is 13.1 Å². The normalized spacial score (nSPS) is 22.3. The maximum atomic E-state index is 11.8. The molecule has 2 rings (SSSR count). The minimum absolute atomic E-state index is 0.0687. The van der Waals surface area contributed by atoms with Gasteiger partial charge in [0.1, 0.15) is 4.21 Å². The molecule has 1 fully saturated rings. The van der Waals surface area contributed by atoms with Crippen molar-refractivity contribution in [1.82, 2.24) is 10.0 Å². The van der Waals surface area contributed by atoms with Crippen molar-refractivity contribution in [2.75, 3.05) is 13.1 Å². The molecule has 0 spiro atoms. The molecule has 1 heterocycles. The van der Waals surface area contributed by atoms with E-state index in [0.29, 0.717) is 6.54 Å². The van der Waals surface area contributed by atoms with Gasteiger partial charge in [-0.3, -0.25) is 4.79 Å². The molecule has 0 aromatic carbocycles. The largest absolute Gasteiger partial charge is 0.393 e. The Balaban J connectivity index is 1.67. The maximum absolute atomic E-state index is 11.8. The van der Waals surface area contributed by atoms with Crippen LogP contribution in [0.3, 0.4) is 0 Å². The van der Waals surface area contributed by atoms with Crippen molar-refractivity contribution in [3.8, 4) is 0 Å². The van der Waals surface area contributed by atoms with E-state index < -0.39 is 10.0 Å². The molecule has 0 aliphatic heterocycles. The Morgan fingerprint density at radius 1 is 1.43 bits per heavy atom. The van der Waals surface area contributed by atoms with E-state index in [-0.39, 0.29) is 35.1 Å². The Labute approximate surface area is 128 Å². The second-order valence-corrected chi connectivity index (χ2v) is 8.08. The molecule has 0 bridgehead atoms. The highest BCUT2D eigenvalue weighted by Gasteiger charge is 2.25. The molecule has 1 aromatic heterocycles. The third-order valence-corrected chi connectivity index (χ3v) is 6.44. The quantitative estimate of drug-likeness (QED) is 0.685. The Kier molecular flexibility index (Phi) is 5.74. The van der Waals surface area contributed by atoms with Crippen LogP contribution < -0.4 is 10.0 Å². The van der Waals surface area contributed by atoms with Crippen molar-refractivity contribution in [2.45, 2.75) is 36.0 Å². The van der Waals surface area contributed by atoms with Crippen molar-refractivity contribution in [1.29, 1.82) is 0 Å². The fourth-order valence-corrected chi connectivity index (χ4v) is 4.44. The van der Waals surface area contributed by atoms with Gasteiger partial charge in [0, 0.05) is 25.4 Å². The summed E-state index contributed by atoms with van der Waals surface area (Å²) >= 11 is 1.14. The molecule has 6 nitrogen and oxygen atoms in total. The van der Waals surface area contributed by atoms with Gasteiger partial charge in [-0.2, -0.15) is 0 Å². The molecular formula is C13H20N2O4S2. The Morgan fingerprint density at radius 3 is 2.86 bits per heavy atom. The average Bonchev–Trinajstić information content (AvgIpc) is 3.07. The number of thiophene rings is 1. The van der Waals surface area contributed by atoms with Crippen molar-refractivity contribution in [2.24, 2.45) is 5.92 Å². The number of carbonyl (C=O) groups is 1. The Morgan fingerprint density at radius 2 is 2.24 bits per heavy atom. The van der Waals surface area contributed by atoms with Crippen LogP contribution in [0, 0.1) is 5.92 Å². The summed E-state index contributed by atoms with van der Waals surface area (Å²) in [6, 6.07) is 3.19. The first-order valence-electron chi connectivity index (χ1n) is 6.97. The average molecular weight is 332 g/mol. The highest BCUT2D eigenvalue weighted by Crippen LogP contribution is 2.24. The molecule has 21 heavy (non-hydrogen) atoms. The summed E-state index contributed by atoms with van der Waals surface area (Å²) in [5.74, 6) is -0.0836. The molecular weight excluding hydrogens is 312 g/mol. The van der Waals surface area contributed by atoms with Crippen molar-refractivity contribution in [3.05, 3.63) is 17.5 Å². The van der Waals surface area contributed by atoms with Gasteiger partial charge in [0.25, 0.3) is 0 Å². The molecule has 1 aromatic rings. The molecule has 1 amide bonds. The lowest BCUT2D eigenvalue weighted by molar-refractivity contribution is -0.121. The SMILES string of the molecule is O=C(CCNS(=O)(=O)c1cccs1)NCC1CCCC1O. The molecule has 1 saturated carbocycles. The van der Waals surface area contributed by atoms with E-state index >= 15 is 0 Å². The van der Waals surface area contributed by atoms with Crippen LogP contribution >= 0.6 is 11.3 Å². The molecule has 0 radical (unpaired) electrons. The van der Waals surface area contributed by atoms with Crippen molar-refractivity contribution >= 4 is 27.3 Å². The first kappa shape index (κ1) is 16.4. The number of hydrogen-bond acceptors (Lipinski definition) is 5. The van der Waals surface area contributed by atoms with E-state index in [0.717, 1.165) is 30.6 Å². The summed E-state index contributed by atoms with van der Waals surface area (Å²) in [6.07, 6.45) is 2.46. The van der Waals surface area contributed by atoms with Crippen molar-refractivity contribution in [3.63, 3.8) is 0 Å². The Hall–Kier alpha value is -0.960. The second-order valence-electron chi connectivity index (χ2n) is 5.14. The predicted octanol–water partition coefficient (Wildman–Crippen LogP) is 0.694. The van der Waals surface area contributed by atoms with Gasteiger partial charge in [0.15, 0.2) is 0 Å². The monoisotopic (exact) mass is 332 g/mol. The van der Waals surface area contributed by atoms with Gasteiger partial charge >= 0.3 is 0 Å². The number of amides is 1. The van der Waals surface area contributed by atoms with Gasteiger partial charge in [-0.1, -0.05) is 12.5 Å². The van der Waals surface area contributed by atoms with Crippen LogP contribution in [0.5, 0.6) is 0 Å². The summed E-state index contributed by atoms with van der Waals surface area (Å²) in [5, 5.41) is 14.1. The standard InChI is InChI=1S/C13H20N2O4S2/c16-11-4-1-3-10(11)9-14-12(17)6-7-15-21(18,19)13-5-2-8-20-13/h2,5,8,10-11,15-16H,1,3-4,6-7,9H2,(H,14,17). The fraction of sp³-hybridized carbons (Fsp3) is 0.615. The van der Waals surface area contributed by atoms with Crippen LogP contribution in [0.4, 0.5) is 0 Å². The zero-order valence-electron chi connectivity index (χ0n) is 11.6. The number of sulfonamides is 1. The molecule has 8 heteroatoms. The molecule has 1 aliphatic carbocycles. The molecule has 2 unspecified atom stereocenters. The molecule has 0 saturated heterocycles. The third kappa shape index (κ3) is 4.77. The van der Waals surface area contributed by atoms with Crippen LogP contribution in [0.1, 0.15) is 25.7 Å². The smallest absolute Gasteiger partial charge is 0.250 e. The molecule has 1 aliphatic rings. The first-order valence-corrected chi connectivity index (χ1v) is 9.33.